The van der Waals surface area contributed by atoms with Gasteiger partial charge in [-0.15, -0.1) is 0 Å². The van der Waals surface area contributed by atoms with Crippen molar-refractivity contribution in [1.29, 1.82) is 0 Å². The van der Waals surface area contributed by atoms with Crippen molar-refractivity contribution in [3.05, 3.63) is 165 Å². The molecule has 6 aromatic rings. The van der Waals surface area contributed by atoms with Gasteiger partial charge >= 0.3 is 0 Å². The van der Waals surface area contributed by atoms with Crippen LogP contribution in [0.1, 0.15) is 79.8 Å². The number of benzene rings is 6. The van der Waals surface area contributed by atoms with E-state index in [1.54, 1.807) is 86.6 Å². The van der Waals surface area contributed by atoms with Gasteiger partial charge in [-0.1, -0.05) is 48.5 Å². The molecule has 15 nitrogen and oxygen atoms in total. The molecule has 0 aromatic heterocycles. The highest BCUT2D eigenvalue weighted by Crippen LogP contribution is 2.57. The minimum atomic E-state index is -3.79. The first kappa shape index (κ1) is 58.3. The van der Waals surface area contributed by atoms with Crippen LogP contribution in [0.2, 0.25) is 0 Å². The number of ketones is 3. The number of sulfonamides is 2. The molecule has 2 fully saturated rings. The molecule has 6 aromatic carbocycles. The average molecular weight is 1160 g/mol. The zero-order valence-electron chi connectivity index (χ0n) is 47.1. The first-order valence-electron chi connectivity index (χ1n) is 27.8. The molecule has 19 heteroatoms. The second kappa shape index (κ2) is 22.7. The van der Waals surface area contributed by atoms with Gasteiger partial charge in [0.1, 0.15) is 34.2 Å². The van der Waals surface area contributed by atoms with Gasteiger partial charge in [-0.25, -0.2) is 34.2 Å². The molecule has 4 unspecified atom stereocenters. The van der Waals surface area contributed by atoms with E-state index in [1.807, 2.05) is 9.80 Å². The highest BCUT2D eigenvalue weighted by atomic mass is 32.2. The Morgan fingerprint density at radius 3 is 1.34 bits per heavy atom. The molecule has 0 bridgehead atoms. The molecule has 10 rings (SSSR count). The van der Waals surface area contributed by atoms with E-state index in [9.17, 15) is 27.0 Å². The molecular weight excluding hydrogens is 1090 g/mol. The number of likely N-dealkylation sites (N-methyl/N-ethyl adjacent to an activating group) is 2. The molecule has 82 heavy (non-hydrogen) atoms. The Morgan fingerprint density at radius 2 is 0.988 bits per heavy atom. The second-order valence-corrected chi connectivity index (χ2v) is 26.8. The predicted molar refractivity (Wildman–Crippen MR) is 315 cm³/mol. The van der Waals surface area contributed by atoms with Gasteiger partial charge in [-0.2, -0.15) is 0 Å². The molecule has 0 spiro atoms. The van der Waals surface area contributed by atoms with Crippen molar-refractivity contribution >= 4 is 48.8 Å². The summed E-state index contributed by atoms with van der Waals surface area (Å²) in [5.41, 5.74) is 1.84. The number of nitrogens with zero attached hydrogens (tertiary/aromatic N) is 4. The zero-order chi connectivity index (χ0) is 58.6. The van der Waals surface area contributed by atoms with E-state index >= 15 is 23.2 Å². The maximum atomic E-state index is 18.3. The summed E-state index contributed by atoms with van der Waals surface area (Å²) in [4.78, 5) is 52.6. The van der Waals surface area contributed by atoms with Crippen LogP contribution in [0.25, 0.3) is 22.3 Å². The summed E-state index contributed by atoms with van der Waals surface area (Å²) < 4.78 is 88.4. The fourth-order valence-corrected chi connectivity index (χ4v) is 14.3. The van der Waals surface area contributed by atoms with Crippen molar-refractivity contribution in [2.75, 3.05) is 88.8 Å². The van der Waals surface area contributed by atoms with Gasteiger partial charge in [0.2, 0.25) is 20.0 Å². The third-order valence-corrected chi connectivity index (χ3v) is 20.6. The van der Waals surface area contributed by atoms with Crippen molar-refractivity contribution in [3.63, 3.8) is 0 Å². The predicted octanol–water partition coefficient (Wildman–Crippen LogP) is 8.04. The van der Waals surface area contributed by atoms with Gasteiger partial charge < -0.3 is 30.6 Å². The fourth-order valence-electron chi connectivity index (χ4n) is 13.5. The van der Waals surface area contributed by atoms with Gasteiger partial charge in [-0.05, 0) is 158 Å². The number of halogens is 2. The van der Waals surface area contributed by atoms with Crippen LogP contribution < -0.4 is 20.4 Å². The molecular formula is C63H70F2N6O9S2. The van der Waals surface area contributed by atoms with E-state index in [0.717, 1.165) is 12.5 Å². The second-order valence-electron chi connectivity index (χ2n) is 22.6. The molecule has 4 N–H and O–H groups in total. The first-order chi connectivity index (χ1) is 39.0. The van der Waals surface area contributed by atoms with E-state index in [-0.39, 0.29) is 89.7 Å². The van der Waals surface area contributed by atoms with Gasteiger partial charge in [0.25, 0.3) is 0 Å². The lowest BCUT2D eigenvalue weighted by atomic mass is 9.62. The van der Waals surface area contributed by atoms with Crippen LogP contribution in [-0.4, -0.2) is 143 Å². The number of rotatable bonds is 18. The maximum Gasteiger partial charge on any atom is 0.211 e. The van der Waals surface area contributed by atoms with E-state index < -0.39 is 66.2 Å². The highest BCUT2D eigenvalue weighted by molar-refractivity contribution is 7.88. The Balaban J connectivity index is 1.30. The quantitative estimate of drug-likeness (QED) is 0.0604. The number of nitrogens with one attached hydrogen (secondary N) is 2. The van der Waals surface area contributed by atoms with Crippen LogP contribution in [0.4, 0.5) is 20.2 Å². The average Bonchev–Trinajstić information content (AvgIpc) is 1.69. The number of Topliss-reactive ketones (excluding diaryl/α,β-unsaturated/α-hetero) is 1. The number of aromatic hydroxyl groups is 2. The Hall–Kier alpha value is -6.87. The van der Waals surface area contributed by atoms with Crippen molar-refractivity contribution in [1.82, 2.24) is 19.2 Å². The topological polar surface area (TPSA) is 197 Å². The Kier molecular flexibility index (Phi) is 16.2. The molecule has 4 aliphatic heterocycles. The van der Waals surface area contributed by atoms with Crippen LogP contribution in [-0.2, 0) is 37.7 Å². The Labute approximate surface area is 479 Å². The molecule has 4 aliphatic rings. The maximum absolute atomic E-state index is 18.3. The Morgan fingerprint density at radius 1 is 0.598 bits per heavy atom. The lowest BCUT2D eigenvalue weighted by Gasteiger charge is -2.55. The van der Waals surface area contributed by atoms with Crippen LogP contribution in [0.5, 0.6) is 11.5 Å². The van der Waals surface area contributed by atoms with Crippen molar-refractivity contribution in [3.8, 4) is 33.8 Å². The van der Waals surface area contributed by atoms with Crippen LogP contribution >= 0.6 is 0 Å². The minimum absolute atomic E-state index is 0.0146. The molecule has 4 heterocycles. The molecule has 0 saturated carbocycles. The minimum Gasteiger partial charge on any atom is -0.508 e. The van der Waals surface area contributed by atoms with Gasteiger partial charge in [0.15, 0.2) is 17.3 Å². The van der Waals surface area contributed by atoms with Gasteiger partial charge in [-0.3, -0.25) is 14.4 Å². The number of carbonyl (C=O) groups is 3. The monoisotopic (exact) mass is 1160 g/mol. The summed E-state index contributed by atoms with van der Waals surface area (Å²) in [6.07, 6.45) is 4.55. The van der Waals surface area contributed by atoms with E-state index in [2.05, 4.69) is 10.6 Å². The van der Waals surface area contributed by atoms with Crippen LogP contribution in [0.15, 0.2) is 109 Å². The van der Waals surface area contributed by atoms with Gasteiger partial charge in [0.05, 0.1) is 12.5 Å². The third kappa shape index (κ3) is 10.4. The van der Waals surface area contributed by atoms with Crippen molar-refractivity contribution < 1.29 is 50.2 Å². The number of carbonyl (C=O) groups excluding carboxylic acids is 3. The lowest BCUT2D eigenvalue weighted by Crippen LogP contribution is -2.73. The van der Waals surface area contributed by atoms with E-state index in [1.165, 1.54) is 59.1 Å². The number of phenols is 2. The normalized spacial score (nSPS) is 21.0. The number of piperidine rings is 2. The standard InChI is InChI=1S/C63H70F2N6O9S2/c1-39-47(19-9-21-53(39)64)57-49(59(74)41-13-7-17-45(72)33-41)23-25-55-51(57)35-62(43-15-11-27-66-37-43,70(55)31-29-68(3)81(5,77)78)61(76)63(44-16-12-28-67-38-44)36-52-56(71(63)32-30-69(4)82(6,79)80)26-24-50(60(75)42-14-8-18-46(73)34-42)58(52)48-20-10-22-54(65)40(48)2/h7-10,13-14,17-26,33-34,43-44,66-67,72-73H,11-12,15-16,27-32,35-38H2,1-6H3. The Bertz CT molecular complexity index is 3520. The largest absolute Gasteiger partial charge is 0.508 e. The van der Waals surface area contributed by atoms with Crippen molar-refractivity contribution in [2.24, 2.45) is 11.8 Å². The molecule has 0 aliphatic carbocycles. The van der Waals surface area contributed by atoms with Gasteiger partial charge in [0, 0.05) is 112 Å². The molecule has 0 amide bonds. The summed E-state index contributed by atoms with van der Waals surface area (Å²) in [7, 11) is -4.63. The molecule has 0 radical (unpaired) electrons. The fraction of sp³-hybridized carbons (Fsp3) is 0.381. The van der Waals surface area contributed by atoms with E-state index in [0.29, 0.717) is 96.6 Å². The molecule has 432 valence electrons. The molecule has 4 atom stereocenters. The highest BCUT2D eigenvalue weighted by Gasteiger charge is 2.66. The summed E-state index contributed by atoms with van der Waals surface area (Å²) in [6, 6.07) is 28.2. The van der Waals surface area contributed by atoms with Crippen molar-refractivity contribution in [2.45, 2.75) is 63.5 Å². The summed E-state index contributed by atoms with van der Waals surface area (Å²) in [5, 5.41) is 28.5. The van der Waals surface area contributed by atoms with Crippen LogP contribution in [0.3, 0.4) is 0 Å². The first-order valence-corrected chi connectivity index (χ1v) is 31.5. The summed E-state index contributed by atoms with van der Waals surface area (Å²) in [5.74, 6) is -3.48. The molecule has 2 saturated heterocycles. The smallest absolute Gasteiger partial charge is 0.211 e. The number of phenolic OH excluding ortho intramolecular Hbond substituents is 2. The zero-order valence-corrected chi connectivity index (χ0v) is 48.7. The third-order valence-electron chi connectivity index (χ3n) is 17.9. The summed E-state index contributed by atoms with van der Waals surface area (Å²) in [6.45, 7) is 5.09. The number of hydrogen-bond donors (Lipinski definition) is 4. The number of anilines is 2. The van der Waals surface area contributed by atoms with Crippen LogP contribution in [0, 0.1) is 37.3 Å². The van der Waals surface area contributed by atoms with E-state index in [4.69, 9.17) is 0 Å². The summed E-state index contributed by atoms with van der Waals surface area (Å²) >= 11 is 0. The SMILES string of the molecule is Cc1c(F)cccc1-c1c(C(=O)c2cccc(O)c2)ccc2c1CC(C(=O)C1(C3CCCNC3)Cc3c(ccc(C(=O)c4cccc(O)c4)c3-c3cccc(F)c3C)N1CCN(C)S(C)(=O)=O)(C1CCCNC1)N2CCN(C)S(C)(=O)=O. The lowest BCUT2D eigenvalue weighted by molar-refractivity contribution is -0.134. The number of hydrogen-bond acceptors (Lipinski definition) is 13. The number of fused-ring (bicyclic) bond motifs is 2.